The fraction of sp³-hybridized carbons (Fsp3) is 0.318. The summed E-state index contributed by atoms with van der Waals surface area (Å²) in [7, 11) is 1.89. The quantitative estimate of drug-likeness (QED) is 0.551. The average Bonchev–Trinajstić information content (AvgIpc) is 3.38. The summed E-state index contributed by atoms with van der Waals surface area (Å²) in [6.07, 6.45) is 10.1. The van der Waals surface area contributed by atoms with Crippen LogP contribution in [-0.2, 0) is 12.6 Å². The second-order valence-electron chi connectivity index (χ2n) is 8.39. The number of aromatic nitrogens is 5. The number of rotatable bonds is 3. The van der Waals surface area contributed by atoms with Crippen molar-refractivity contribution in [1.82, 2.24) is 24.5 Å². The van der Waals surface area contributed by atoms with Gasteiger partial charge in [0, 0.05) is 55.3 Å². The molecule has 1 aromatic carbocycles. The minimum atomic E-state index is -0.793. The molecule has 1 saturated carbocycles. The van der Waals surface area contributed by atoms with Crippen molar-refractivity contribution in [2.75, 3.05) is 18.0 Å². The molecule has 3 fully saturated rings. The Morgan fingerprint density at radius 2 is 1.97 bits per heavy atom. The predicted octanol–water partition coefficient (Wildman–Crippen LogP) is 3.15. The number of anilines is 1. The Kier molecular flexibility index (Phi) is 3.76. The van der Waals surface area contributed by atoms with E-state index >= 15 is 0 Å². The highest BCUT2D eigenvalue weighted by molar-refractivity contribution is 6.34. The first kappa shape index (κ1) is 17.9. The Balaban J connectivity index is 1.35. The van der Waals surface area contributed by atoms with Crippen LogP contribution in [0, 0.1) is 11.8 Å². The number of fused-ring (bicyclic) bond motifs is 3. The zero-order valence-electron chi connectivity index (χ0n) is 16.5. The Hall–Kier alpha value is -2.90. The van der Waals surface area contributed by atoms with Crippen LogP contribution in [0.2, 0.25) is 5.02 Å². The second kappa shape index (κ2) is 6.30. The van der Waals surface area contributed by atoms with E-state index in [1.807, 2.05) is 42.3 Å². The maximum atomic E-state index is 11.4. The van der Waals surface area contributed by atoms with Crippen molar-refractivity contribution in [1.29, 1.82) is 0 Å². The number of piperidine rings is 2. The van der Waals surface area contributed by atoms with E-state index in [0.717, 1.165) is 47.4 Å². The summed E-state index contributed by atoms with van der Waals surface area (Å²) in [5.41, 5.74) is 3.01. The minimum absolute atomic E-state index is 0.162. The lowest BCUT2D eigenvalue weighted by atomic mass is 9.55. The molecule has 2 atom stereocenters. The molecule has 4 aromatic rings. The Bertz CT molecular complexity index is 1240. The third-order valence-electron chi connectivity index (χ3n) is 6.73. The summed E-state index contributed by atoms with van der Waals surface area (Å²) >= 11 is 6.68. The van der Waals surface area contributed by atoms with E-state index in [9.17, 15) is 5.11 Å². The van der Waals surface area contributed by atoms with E-state index in [2.05, 4.69) is 26.1 Å². The number of nitrogens with zero attached hydrogens (tertiary/aromatic N) is 6. The molecule has 7 nitrogen and oxygen atoms in total. The molecule has 3 aliphatic rings. The molecule has 8 heteroatoms. The van der Waals surface area contributed by atoms with Gasteiger partial charge in [-0.2, -0.15) is 10.2 Å². The average molecular weight is 421 g/mol. The number of halogens is 1. The van der Waals surface area contributed by atoms with Gasteiger partial charge in [-0.1, -0.05) is 17.7 Å². The van der Waals surface area contributed by atoms with Gasteiger partial charge in [0.25, 0.3) is 0 Å². The van der Waals surface area contributed by atoms with E-state index in [1.54, 1.807) is 23.3 Å². The van der Waals surface area contributed by atoms with Gasteiger partial charge in [-0.25, -0.2) is 4.68 Å². The molecule has 0 amide bonds. The van der Waals surface area contributed by atoms with E-state index in [-0.39, 0.29) is 11.8 Å². The van der Waals surface area contributed by atoms with Crippen molar-refractivity contribution in [3.8, 4) is 5.69 Å². The van der Waals surface area contributed by atoms with Crippen LogP contribution in [0.25, 0.3) is 16.6 Å². The van der Waals surface area contributed by atoms with Crippen LogP contribution in [0.15, 0.2) is 55.2 Å². The molecule has 0 radical (unpaired) electrons. The van der Waals surface area contributed by atoms with Gasteiger partial charge in [-0.05, 0) is 24.6 Å². The highest BCUT2D eigenvalue weighted by atomic mass is 35.5. The molecule has 152 valence electrons. The third kappa shape index (κ3) is 2.45. The van der Waals surface area contributed by atoms with Crippen LogP contribution in [0.5, 0.6) is 0 Å². The summed E-state index contributed by atoms with van der Waals surface area (Å²) in [6, 6.07) is 7.95. The lowest BCUT2D eigenvalue weighted by Crippen LogP contribution is -2.65. The molecule has 7 rings (SSSR count). The van der Waals surface area contributed by atoms with Crippen LogP contribution in [-0.4, -0.2) is 42.7 Å². The van der Waals surface area contributed by atoms with Gasteiger partial charge in [0.05, 0.1) is 34.8 Å². The van der Waals surface area contributed by atoms with Crippen molar-refractivity contribution in [3.63, 3.8) is 0 Å². The topological polar surface area (TPSA) is 72.0 Å². The molecule has 2 aliphatic heterocycles. The van der Waals surface area contributed by atoms with Gasteiger partial charge in [-0.3, -0.25) is 9.67 Å². The number of benzene rings is 1. The SMILES string of the molecule is Cn1cc(-n2ncc3cc(Cl)c(N4CC5CC(C4)C5(O)c4cccnc4)cc32)cn1. The monoisotopic (exact) mass is 420 g/mol. The summed E-state index contributed by atoms with van der Waals surface area (Å²) in [6.45, 7) is 1.52. The van der Waals surface area contributed by atoms with E-state index in [1.165, 1.54) is 0 Å². The molecule has 1 N–H and O–H groups in total. The highest BCUT2D eigenvalue weighted by Crippen LogP contribution is 2.55. The van der Waals surface area contributed by atoms with Crippen LogP contribution in [0.3, 0.4) is 0 Å². The summed E-state index contributed by atoms with van der Waals surface area (Å²) in [5.74, 6) is 0.325. The van der Waals surface area contributed by atoms with Crippen molar-refractivity contribution >= 4 is 28.2 Å². The molecular weight excluding hydrogens is 400 g/mol. The van der Waals surface area contributed by atoms with Crippen LogP contribution in [0.1, 0.15) is 12.0 Å². The maximum Gasteiger partial charge on any atom is 0.103 e. The van der Waals surface area contributed by atoms with E-state index < -0.39 is 5.60 Å². The number of aliphatic hydroxyl groups is 1. The Labute approximate surface area is 178 Å². The highest BCUT2D eigenvalue weighted by Gasteiger charge is 2.59. The first-order valence-corrected chi connectivity index (χ1v) is 10.5. The van der Waals surface area contributed by atoms with Crippen molar-refractivity contribution < 1.29 is 5.11 Å². The zero-order chi connectivity index (χ0) is 20.5. The van der Waals surface area contributed by atoms with Crippen LogP contribution in [0.4, 0.5) is 5.69 Å². The van der Waals surface area contributed by atoms with Gasteiger partial charge in [-0.15, -0.1) is 0 Å². The molecule has 2 saturated heterocycles. The fourth-order valence-corrected chi connectivity index (χ4v) is 5.47. The summed E-state index contributed by atoms with van der Waals surface area (Å²) in [5, 5.41) is 21.9. The Morgan fingerprint density at radius 3 is 2.67 bits per heavy atom. The standard InChI is InChI=1S/C22H21ClN6O/c1-27-13-18(10-25-27)29-20-7-21(19(23)5-14(20)8-26-29)28-11-16-6-17(12-28)22(16,30)15-3-2-4-24-9-15/h2-5,7-10,13,16-17,30H,6,11-12H2,1H3. The van der Waals surface area contributed by atoms with Crippen molar-refractivity contribution in [2.45, 2.75) is 12.0 Å². The molecular formula is C22H21ClN6O. The maximum absolute atomic E-state index is 11.4. The van der Waals surface area contributed by atoms with Crippen LogP contribution >= 0.6 is 11.6 Å². The number of hydrogen-bond donors (Lipinski definition) is 1. The molecule has 30 heavy (non-hydrogen) atoms. The molecule has 0 spiro atoms. The second-order valence-corrected chi connectivity index (χ2v) is 8.80. The Morgan fingerprint density at radius 1 is 1.13 bits per heavy atom. The van der Waals surface area contributed by atoms with Gasteiger partial charge >= 0.3 is 0 Å². The first-order valence-electron chi connectivity index (χ1n) is 10.1. The molecule has 3 aromatic heterocycles. The number of aryl methyl sites for hydroxylation is 1. The van der Waals surface area contributed by atoms with Crippen molar-refractivity contribution in [2.24, 2.45) is 18.9 Å². The number of hydrogen-bond acceptors (Lipinski definition) is 5. The van der Waals surface area contributed by atoms with Gasteiger partial charge in [0.2, 0.25) is 0 Å². The van der Waals surface area contributed by atoms with Gasteiger partial charge in [0.15, 0.2) is 0 Å². The number of pyridine rings is 1. The zero-order valence-corrected chi connectivity index (χ0v) is 17.2. The normalized spacial score (nSPS) is 25.5. The first-order chi connectivity index (χ1) is 14.5. The summed E-state index contributed by atoms with van der Waals surface area (Å²) in [4.78, 5) is 6.51. The lowest BCUT2D eigenvalue weighted by molar-refractivity contribution is -0.168. The van der Waals surface area contributed by atoms with Crippen molar-refractivity contribution in [3.05, 3.63) is 65.8 Å². The summed E-state index contributed by atoms with van der Waals surface area (Å²) < 4.78 is 3.65. The molecule has 2 bridgehead atoms. The largest absolute Gasteiger partial charge is 0.384 e. The molecule has 2 unspecified atom stereocenters. The predicted molar refractivity (Wildman–Crippen MR) is 115 cm³/mol. The smallest absolute Gasteiger partial charge is 0.103 e. The van der Waals surface area contributed by atoms with Crippen LogP contribution < -0.4 is 4.90 Å². The minimum Gasteiger partial charge on any atom is -0.384 e. The lowest BCUT2D eigenvalue weighted by Gasteiger charge is -2.60. The van der Waals surface area contributed by atoms with E-state index in [4.69, 9.17) is 11.6 Å². The fourth-order valence-electron chi connectivity index (χ4n) is 5.18. The third-order valence-corrected chi connectivity index (χ3v) is 7.04. The molecule has 1 aliphatic carbocycles. The molecule has 5 heterocycles. The van der Waals surface area contributed by atoms with Gasteiger partial charge in [0.1, 0.15) is 11.3 Å². The van der Waals surface area contributed by atoms with Gasteiger partial charge < -0.3 is 10.0 Å². The van der Waals surface area contributed by atoms with E-state index in [0.29, 0.717) is 5.02 Å².